The Balaban J connectivity index is 2.02. The van der Waals surface area contributed by atoms with Crippen LogP contribution in [0, 0.1) is 5.92 Å². The number of nitrogens with one attached hydrogen (secondary N) is 1. The van der Waals surface area contributed by atoms with E-state index in [1.165, 1.54) is 19.4 Å². The van der Waals surface area contributed by atoms with Crippen LogP contribution < -0.4 is 19.5 Å². The van der Waals surface area contributed by atoms with Gasteiger partial charge in [-0.05, 0) is 44.0 Å². The van der Waals surface area contributed by atoms with Crippen molar-refractivity contribution in [2.75, 3.05) is 14.2 Å². The fourth-order valence-electron chi connectivity index (χ4n) is 3.04. The van der Waals surface area contributed by atoms with Gasteiger partial charge in [0.15, 0.2) is 11.5 Å². The van der Waals surface area contributed by atoms with E-state index in [1.807, 2.05) is 20.8 Å². The van der Waals surface area contributed by atoms with Gasteiger partial charge in [0.25, 0.3) is 0 Å². The first kappa shape index (κ1) is 25.2. The molecule has 3 atom stereocenters. The molecule has 0 spiro atoms. The van der Waals surface area contributed by atoms with Crippen molar-refractivity contribution in [2.45, 2.75) is 45.9 Å². The summed E-state index contributed by atoms with van der Waals surface area (Å²) in [6.07, 6.45) is 0.569. The van der Waals surface area contributed by atoms with Crippen LogP contribution in [0.2, 0.25) is 0 Å². The Hall–Kier alpha value is -3.07. The number of carbonyl (C=O) groups is 1. The van der Waals surface area contributed by atoms with Gasteiger partial charge >= 0.3 is 5.97 Å². The van der Waals surface area contributed by atoms with Gasteiger partial charge in [0.05, 0.1) is 14.2 Å². The summed E-state index contributed by atoms with van der Waals surface area (Å²) in [6, 6.07) is 7.93. The summed E-state index contributed by atoms with van der Waals surface area (Å²) in [4.78, 5) is 16.9. The molecule has 8 nitrogen and oxygen atoms in total. The minimum absolute atomic E-state index is 0.00967. The van der Waals surface area contributed by atoms with Crippen LogP contribution in [-0.4, -0.2) is 53.5 Å². The zero-order valence-corrected chi connectivity index (χ0v) is 19.9. The minimum Gasteiger partial charge on any atom is -0.503 e. The largest absolute Gasteiger partial charge is 0.503 e. The summed E-state index contributed by atoms with van der Waals surface area (Å²) in [7, 11) is 3.02. The van der Waals surface area contributed by atoms with E-state index in [2.05, 4.69) is 10.3 Å². The Bertz CT molecular complexity index is 919. The van der Waals surface area contributed by atoms with Crippen LogP contribution in [0.3, 0.4) is 0 Å². The highest BCUT2D eigenvalue weighted by Crippen LogP contribution is 2.28. The Kier molecular flexibility index (Phi) is 9.07. The van der Waals surface area contributed by atoms with Crippen molar-refractivity contribution in [3.8, 4) is 23.0 Å². The van der Waals surface area contributed by atoms with Crippen LogP contribution in [0.1, 0.15) is 33.4 Å². The molecule has 0 amide bonds. The zero-order valence-electron chi connectivity index (χ0n) is 19.1. The smallest absolute Gasteiger partial charge is 0.328 e. The molecule has 0 radical (unpaired) electrons. The van der Waals surface area contributed by atoms with E-state index in [4.69, 9.17) is 31.2 Å². The Labute approximate surface area is 193 Å². The van der Waals surface area contributed by atoms with Gasteiger partial charge in [-0.25, -0.2) is 9.78 Å². The van der Waals surface area contributed by atoms with Gasteiger partial charge < -0.3 is 29.4 Å². The van der Waals surface area contributed by atoms with Gasteiger partial charge in [-0.1, -0.05) is 26.1 Å². The van der Waals surface area contributed by atoms with Crippen molar-refractivity contribution < 1.29 is 28.8 Å². The van der Waals surface area contributed by atoms with Gasteiger partial charge in [-0.15, -0.1) is 0 Å². The maximum absolute atomic E-state index is 12.7. The molecule has 2 aromatic rings. The lowest BCUT2D eigenvalue weighted by Gasteiger charge is -2.29. The summed E-state index contributed by atoms with van der Waals surface area (Å²) in [5, 5.41) is 13.1. The first-order valence-corrected chi connectivity index (χ1v) is 10.6. The highest BCUT2D eigenvalue weighted by Gasteiger charge is 2.29. The molecule has 9 heteroatoms. The number of pyridine rings is 1. The van der Waals surface area contributed by atoms with Crippen molar-refractivity contribution in [2.24, 2.45) is 5.92 Å². The second kappa shape index (κ2) is 11.5. The lowest BCUT2D eigenvalue weighted by Crippen LogP contribution is -2.44. The number of ether oxygens (including phenoxy) is 4. The van der Waals surface area contributed by atoms with E-state index in [0.717, 1.165) is 5.75 Å². The van der Waals surface area contributed by atoms with Crippen LogP contribution in [0.4, 0.5) is 0 Å². The van der Waals surface area contributed by atoms with Gasteiger partial charge in [-0.2, -0.15) is 0 Å². The van der Waals surface area contributed by atoms with E-state index < -0.39 is 24.2 Å². The number of aromatic nitrogens is 1. The third-order valence-electron chi connectivity index (χ3n) is 4.78. The molecule has 0 bridgehead atoms. The van der Waals surface area contributed by atoms with Crippen molar-refractivity contribution in [1.82, 2.24) is 10.3 Å². The van der Waals surface area contributed by atoms with E-state index in [9.17, 15) is 9.90 Å². The topological polar surface area (TPSA) is 99.1 Å². The molecular weight excluding hydrogens is 432 g/mol. The molecular formula is C23H30N2O6S. The number of methoxy groups -OCH3 is 2. The normalized spacial score (nSPS) is 13.6. The quantitative estimate of drug-likeness (QED) is 0.406. The molecule has 0 saturated carbocycles. The number of esters is 1. The van der Waals surface area contributed by atoms with Crippen molar-refractivity contribution >= 4 is 23.2 Å². The van der Waals surface area contributed by atoms with Crippen LogP contribution in [0.5, 0.6) is 23.0 Å². The SMILES string of the molecule is COc1ccc(O[C@@H](C)[C@H](OC(=O)[C@H](C)NC(=S)c2nccc(OC)c2O)C(C)C)cc1. The van der Waals surface area contributed by atoms with Crippen LogP contribution >= 0.6 is 12.2 Å². The van der Waals surface area contributed by atoms with Crippen molar-refractivity contribution in [1.29, 1.82) is 0 Å². The molecule has 1 aromatic heterocycles. The highest BCUT2D eigenvalue weighted by atomic mass is 32.1. The van der Waals surface area contributed by atoms with Crippen molar-refractivity contribution in [3.05, 3.63) is 42.2 Å². The standard InChI is InChI=1S/C23H30N2O6S/c1-13(2)21(15(4)30-17-9-7-16(28-5)8-10-17)31-23(27)14(3)25-22(32)19-20(26)18(29-6)11-12-24-19/h7-15,21,26H,1-6H3,(H,25,32)/t14-,15-,21+/m0/s1. The zero-order chi connectivity index (χ0) is 23.8. The fraction of sp³-hybridized carbons (Fsp3) is 0.435. The number of nitrogens with zero attached hydrogens (tertiary/aromatic N) is 1. The number of thiocarbonyl (C=S) groups is 1. The highest BCUT2D eigenvalue weighted by molar-refractivity contribution is 7.80. The van der Waals surface area contributed by atoms with Crippen LogP contribution in [0.25, 0.3) is 0 Å². The van der Waals surface area contributed by atoms with Gasteiger partial charge in [0, 0.05) is 12.3 Å². The Morgan fingerprint density at radius 3 is 2.22 bits per heavy atom. The van der Waals surface area contributed by atoms with Crippen molar-refractivity contribution in [3.63, 3.8) is 0 Å². The second-order valence-corrected chi connectivity index (χ2v) is 7.96. The first-order chi connectivity index (χ1) is 15.2. The predicted octanol–water partition coefficient (Wildman–Crippen LogP) is 3.49. The number of aromatic hydroxyl groups is 1. The summed E-state index contributed by atoms with van der Waals surface area (Å²) < 4.78 is 21.9. The molecule has 174 valence electrons. The molecule has 0 saturated heterocycles. The molecule has 0 aliphatic rings. The lowest BCUT2D eigenvalue weighted by atomic mass is 10.0. The monoisotopic (exact) mass is 462 g/mol. The molecule has 0 fully saturated rings. The van der Waals surface area contributed by atoms with E-state index in [-0.39, 0.29) is 28.1 Å². The molecule has 0 unspecified atom stereocenters. The summed E-state index contributed by atoms with van der Waals surface area (Å²) in [5.41, 5.74) is 0.121. The number of benzene rings is 1. The maximum atomic E-state index is 12.7. The fourth-order valence-corrected chi connectivity index (χ4v) is 3.36. The average Bonchev–Trinajstić information content (AvgIpc) is 2.77. The predicted molar refractivity (Wildman–Crippen MR) is 125 cm³/mol. The molecule has 2 N–H and O–H groups in total. The van der Waals surface area contributed by atoms with E-state index in [1.54, 1.807) is 38.3 Å². The number of hydrogen-bond acceptors (Lipinski definition) is 8. The molecule has 2 rings (SSSR count). The lowest BCUT2D eigenvalue weighted by molar-refractivity contribution is -0.158. The molecule has 1 heterocycles. The summed E-state index contributed by atoms with van der Waals surface area (Å²) in [6.45, 7) is 7.38. The third kappa shape index (κ3) is 6.46. The molecule has 32 heavy (non-hydrogen) atoms. The van der Waals surface area contributed by atoms with Crippen LogP contribution in [0.15, 0.2) is 36.5 Å². The number of rotatable bonds is 10. The van der Waals surface area contributed by atoms with Gasteiger partial charge in [0.1, 0.15) is 40.4 Å². The Morgan fingerprint density at radius 1 is 1.03 bits per heavy atom. The number of hydrogen-bond donors (Lipinski definition) is 2. The van der Waals surface area contributed by atoms with Crippen LogP contribution in [-0.2, 0) is 9.53 Å². The summed E-state index contributed by atoms with van der Waals surface area (Å²) >= 11 is 5.30. The third-order valence-corrected chi connectivity index (χ3v) is 5.09. The average molecular weight is 463 g/mol. The first-order valence-electron chi connectivity index (χ1n) is 10.2. The van der Waals surface area contributed by atoms with E-state index >= 15 is 0 Å². The molecule has 1 aromatic carbocycles. The minimum atomic E-state index is -0.774. The van der Waals surface area contributed by atoms with Gasteiger partial charge in [-0.3, -0.25) is 0 Å². The second-order valence-electron chi connectivity index (χ2n) is 7.55. The maximum Gasteiger partial charge on any atom is 0.328 e. The summed E-state index contributed by atoms with van der Waals surface area (Å²) in [5.74, 6) is 0.915. The molecule has 0 aliphatic heterocycles. The molecule has 0 aliphatic carbocycles. The van der Waals surface area contributed by atoms with E-state index in [0.29, 0.717) is 5.75 Å². The van der Waals surface area contributed by atoms with Gasteiger partial charge in [0.2, 0.25) is 0 Å². The number of carbonyl (C=O) groups excluding carboxylic acids is 1. The Morgan fingerprint density at radius 2 is 1.66 bits per heavy atom.